The van der Waals surface area contributed by atoms with E-state index in [1.807, 2.05) is 36.4 Å². The molecule has 1 fully saturated rings. The van der Waals surface area contributed by atoms with Crippen molar-refractivity contribution in [2.24, 2.45) is 0 Å². The SMILES string of the molecule is O=C1C(O)C(c2ccccc2)CN1CCc1cccc(O)c1. The van der Waals surface area contributed by atoms with Crippen LogP contribution in [0, 0.1) is 0 Å². The number of hydrogen-bond donors (Lipinski definition) is 2. The van der Waals surface area contributed by atoms with Crippen molar-refractivity contribution in [3.8, 4) is 5.75 Å². The van der Waals surface area contributed by atoms with Crippen LogP contribution in [0.4, 0.5) is 0 Å². The van der Waals surface area contributed by atoms with Gasteiger partial charge in [-0.2, -0.15) is 0 Å². The van der Waals surface area contributed by atoms with Gasteiger partial charge in [-0.15, -0.1) is 0 Å². The van der Waals surface area contributed by atoms with Gasteiger partial charge in [0.05, 0.1) is 0 Å². The predicted octanol–water partition coefficient (Wildman–Crippen LogP) is 1.92. The highest BCUT2D eigenvalue weighted by Crippen LogP contribution is 2.28. The minimum atomic E-state index is -0.966. The first-order chi connectivity index (χ1) is 10.6. The Labute approximate surface area is 129 Å². The standard InChI is InChI=1S/C18H19NO3/c20-15-8-4-5-13(11-15)9-10-19-12-16(17(21)18(19)22)14-6-2-1-3-7-14/h1-8,11,16-17,20-21H,9-10,12H2. The fourth-order valence-electron chi connectivity index (χ4n) is 2.95. The Bertz CT molecular complexity index is 656. The Morgan fingerprint density at radius 2 is 1.86 bits per heavy atom. The lowest BCUT2D eigenvalue weighted by Gasteiger charge is -2.16. The first kappa shape index (κ1) is 14.6. The van der Waals surface area contributed by atoms with Crippen LogP contribution in [0.1, 0.15) is 17.0 Å². The van der Waals surface area contributed by atoms with Gasteiger partial charge in [0.2, 0.25) is 0 Å². The van der Waals surface area contributed by atoms with Crippen molar-refractivity contribution < 1.29 is 15.0 Å². The maximum Gasteiger partial charge on any atom is 0.252 e. The van der Waals surface area contributed by atoms with Gasteiger partial charge in [-0.25, -0.2) is 0 Å². The molecule has 0 bridgehead atoms. The lowest BCUT2D eigenvalue weighted by atomic mass is 9.96. The average Bonchev–Trinajstić information content (AvgIpc) is 2.82. The zero-order valence-electron chi connectivity index (χ0n) is 12.2. The molecule has 114 valence electrons. The van der Waals surface area contributed by atoms with Gasteiger partial charge < -0.3 is 15.1 Å². The predicted molar refractivity (Wildman–Crippen MR) is 83.6 cm³/mol. The molecule has 22 heavy (non-hydrogen) atoms. The van der Waals surface area contributed by atoms with E-state index < -0.39 is 6.10 Å². The number of aromatic hydroxyl groups is 1. The summed E-state index contributed by atoms with van der Waals surface area (Å²) in [7, 11) is 0. The highest BCUT2D eigenvalue weighted by Gasteiger charge is 2.39. The topological polar surface area (TPSA) is 60.8 Å². The third kappa shape index (κ3) is 2.97. The molecular formula is C18H19NO3. The Morgan fingerprint density at radius 3 is 2.59 bits per heavy atom. The van der Waals surface area contributed by atoms with Gasteiger partial charge in [0.15, 0.2) is 0 Å². The first-order valence-corrected chi connectivity index (χ1v) is 7.45. The Balaban J connectivity index is 1.67. The molecule has 2 unspecified atom stereocenters. The van der Waals surface area contributed by atoms with Crippen LogP contribution in [-0.4, -0.2) is 40.2 Å². The van der Waals surface area contributed by atoms with E-state index in [-0.39, 0.29) is 17.6 Å². The van der Waals surface area contributed by atoms with E-state index in [9.17, 15) is 15.0 Å². The maximum atomic E-state index is 12.2. The largest absolute Gasteiger partial charge is 0.508 e. The third-order valence-electron chi connectivity index (χ3n) is 4.17. The molecule has 2 atom stereocenters. The van der Waals surface area contributed by atoms with E-state index in [2.05, 4.69) is 0 Å². The number of carbonyl (C=O) groups is 1. The molecule has 1 aliphatic heterocycles. The van der Waals surface area contributed by atoms with Gasteiger partial charge in [-0.05, 0) is 29.7 Å². The minimum absolute atomic E-state index is 0.169. The monoisotopic (exact) mass is 297 g/mol. The van der Waals surface area contributed by atoms with Crippen LogP contribution in [0.5, 0.6) is 5.75 Å². The summed E-state index contributed by atoms with van der Waals surface area (Å²) >= 11 is 0. The normalized spacial score (nSPS) is 21.3. The molecule has 1 amide bonds. The first-order valence-electron chi connectivity index (χ1n) is 7.45. The number of hydrogen-bond acceptors (Lipinski definition) is 3. The summed E-state index contributed by atoms with van der Waals surface area (Å²) in [4.78, 5) is 13.9. The number of carbonyl (C=O) groups excluding carboxylic acids is 1. The van der Waals surface area contributed by atoms with Gasteiger partial charge in [-0.1, -0.05) is 42.5 Å². The highest BCUT2D eigenvalue weighted by molar-refractivity contribution is 5.84. The molecule has 0 spiro atoms. The molecule has 0 aliphatic carbocycles. The molecule has 0 saturated carbocycles. The van der Waals surface area contributed by atoms with E-state index in [0.29, 0.717) is 19.5 Å². The Hall–Kier alpha value is -2.33. The van der Waals surface area contributed by atoms with Gasteiger partial charge in [0, 0.05) is 19.0 Å². The van der Waals surface area contributed by atoms with Crippen molar-refractivity contribution in [3.05, 3.63) is 65.7 Å². The molecule has 0 aromatic heterocycles. The fourth-order valence-corrected chi connectivity index (χ4v) is 2.95. The van der Waals surface area contributed by atoms with Gasteiger partial charge in [-0.3, -0.25) is 4.79 Å². The maximum absolute atomic E-state index is 12.2. The summed E-state index contributed by atoms with van der Waals surface area (Å²) in [6.07, 6.45) is -0.305. The number of benzene rings is 2. The average molecular weight is 297 g/mol. The molecule has 2 N–H and O–H groups in total. The number of likely N-dealkylation sites (tertiary alicyclic amines) is 1. The van der Waals surface area contributed by atoms with Crippen LogP contribution >= 0.6 is 0 Å². The lowest BCUT2D eigenvalue weighted by Crippen LogP contribution is -2.31. The smallest absolute Gasteiger partial charge is 0.252 e. The summed E-state index contributed by atoms with van der Waals surface area (Å²) < 4.78 is 0. The summed E-state index contributed by atoms with van der Waals surface area (Å²) in [5.41, 5.74) is 1.97. The van der Waals surface area contributed by atoms with Crippen LogP contribution in [0.2, 0.25) is 0 Å². The molecule has 1 saturated heterocycles. The van der Waals surface area contributed by atoms with Crippen LogP contribution in [0.25, 0.3) is 0 Å². The minimum Gasteiger partial charge on any atom is -0.508 e. The number of phenolic OH excluding ortho intramolecular Hbond substituents is 1. The number of phenols is 1. The van der Waals surface area contributed by atoms with E-state index in [1.54, 1.807) is 23.1 Å². The van der Waals surface area contributed by atoms with E-state index in [0.717, 1.165) is 11.1 Å². The van der Waals surface area contributed by atoms with Crippen molar-refractivity contribution in [2.45, 2.75) is 18.4 Å². The van der Waals surface area contributed by atoms with Crippen molar-refractivity contribution in [2.75, 3.05) is 13.1 Å². The molecule has 3 rings (SSSR count). The van der Waals surface area contributed by atoms with Crippen LogP contribution < -0.4 is 0 Å². The second-order valence-electron chi connectivity index (χ2n) is 5.67. The molecule has 1 heterocycles. The summed E-state index contributed by atoms with van der Waals surface area (Å²) in [5, 5.41) is 19.7. The van der Waals surface area contributed by atoms with Crippen LogP contribution in [0.3, 0.4) is 0 Å². The summed E-state index contributed by atoms with van der Waals surface area (Å²) in [5.74, 6) is -0.153. The molecule has 4 heteroatoms. The Morgan fingerprint density at radius 1 is 1.09 bits per heavy atom. The second-order valence-corrected chi connectivity index (χ2v) is 5.67. The zero-order chi connectivity index (χ0) is 15.5. The van der Waals surface area contributed by atoms with Crippen molar-refractivity contribution in [1.82, 2.24) is 4.90 Å². The number of amides is 1. The number of aliphatic hydroxyl groups is 1. The van der Waals surface area contributed by atoms with Gasteiger partial charge >= 0.3 is 0 Å². The van der Waals surface area contributed by atoms with Crippen molar-refractivity contribution in [3.63, 3.8) is 0 Å². The number of nitrogens with zero attached hydrogens (tertiary/aromatic N) is 1. The highest BCUT2D eigenvalue weighted by atomic mass is 16.3. The van der Waals surface area contributed by atoms with Gasteiger partial charge in [0.25, 0.3) is 5.91 Å². The molecule has 4 nitrogen and oxygen atoms in total. The van der Waals surface area contributed by atoms with E-state index >= 15 is 0 Å². The van der Waals surface area contributed by atoms with E-state index in [1.165, 1.54) is 0 Å². The molecule has 2 aromatic carbocycles. The molecule has 2 aromatic rings. The quantitative estimate of drug-likeness (QED) is 0.906. The molecular weight excluding hydrogens is 278 g/mol. The second kappa shape index (κ2) is 6.20. The summed E-state index contributed by atoms with van der Waals surface area (Å²) in [6, 6.07) is 16.7. The number of aliphatic hydroxyl groups excluding tert-OH is 1. The molecule has 0 radical (unpaired) electrons. The lowest BCUT2D eigenvalue weighted by molar-refractivity contribution is -0.134. The number of rotatable bonds is 4. The fraction of sp³-hybridized carbons (Fsp3) is 0.278. The van der Waals surface area contributed by atoms with Crippen molar-refractivity contribution in [1.29, 1.82) is 0 Å². The van der Waals surface area contributed by atoms with Gasteiger partial charge in [0.1, 0.15) is 11.9 Å². The van der Waals surface area contributed by atoms with E-state index in [4.69, 9.17) is 0 Å². The summed E-state index contributed by atoms with van der Waals surface area (Å²) in [6.45, 7) is 1.07. The van der Waals surface area contributed by atoms with Crippen LogP contribution in [-0.2, 0) is 11.2 Å². The molecule has 1 aliphatic rings. The zero-order valence-corrected chi connectivity index (χ0v) is 12.2. The van der Waals surface area contributed by atoms with Crippen LogP contribution in [0.15, 0.2) is 54.6 Å². The third-order valence-corrected chi connectivity index (χ3v) is 4.17. The van der Waals surface area contributed by atoms with Crippen molar-refractivity contribution >= 4 is 5.91 Å². The Kier molecular flexibility index (Phi) is 4.11.